The second-order valence-electron chi connectivity index (χ2n) is 6.60. The lowest BCUT2D eigenvalue weighted by Gasteiger charge is -2.35. The van der Waals surface area contributed by atoms with Gasteiger partial charge in [0.25, 0.3) is 5.91 Å². The van der Waals surface area contributed by atoms with Gasteiger partial charge in [0.15, 0.2) is 11.5 Å². The van der Waals surface area contributed by atoms with Crippen LogP contribution in [0.15, 0.2) is 29.4 Å². The number of hydrogen-bond acceptors (Lipinski definition) is 9. The van der Waals surface area contributed by atoms with Gasteiger partial charge in [0.05, 0.1) is 33.3 Å². The number of anilines is 1. The highest BCUT2D eigenvalue weighted by Crippen LogP contribution is 2.50. The second kappa shape index (κ2) is 7.43. The molecule has 0 aliphatic carbocycles. The number of hydrazone groups is 1. The average molecular weight is 400 g/mol. The van der Waals surface area contributed by atoms with Gasteiger partial charge in [-0.25, -0.2) is 14.6 Å². The fourth-order valence-corrected chi connectivity index (χ4v) is 3.97. The van der Waals surface area contributed by atoms with Gasteiger partial charge in [-0.15, -0.1) is 0 Å². The van der Waals surface area contributed by atoms with Gasteiger partial charge in [0, 0.05) is 18.9 Å². The molecule has 0 N–H and O–H groups in total. The summed E-state index contributed by atoms with van der Waals surface area (Å²) in [4.78, 5) is 40.1. The largest absolute Gasteiger partial charge is 0.497 e. The molecule has 10 nitrogen and oxygen atoms in total. The van der Waals surface area contributed by atoms with E-state index in [1.165, 1.54) is 32.4 Å². The number of fused-ring (bicyclic) bond motifs is 1. The molecular formula is C19H20N4O6. The number of hydrogen-bond donors (Lipinski definition) is 0. The molecular weight excluding hydrogens is 380 g/mol. The summed E-state index contributed by atoms with van der Waals surface area (Å²) in [5.74, 6) is -2.69. The first-order chi connectivity index (χ1) is 13.9. The molecule has 0 aromatic heterocycles. The van der Waals surface area contributed by atoms with Crippen molar-refractivity contribution in [2.24, 2.45) is 16.4 Å². The summed E-state index contributed by atoms with van der Waals surface area (Å²) in [7, 11) is 5.24. The predicted molar refractivity (Wildman–Crippen MR) is 99.9 cm³/mol. The minimum Gasteiger partial charge on any atom is -0.497 e. The van der Waals surface area contributed by atoms with Gasteiger partial charge >= 0.3 is 11.9 Å². The van der Waals surface area contributed by atoms with Crippen molar-refractivity contribution in [3.8, 4) is 11.8 Å². The molecule has 1 fully saturated rings. The molecule has 0 bridgehead atoms. The van der Waals surface area contributed by atoms with Gasteiger partial charge in [0.2, 0.25) is 0 Å². The number of carbonyl (C=O) groups is 3. The number of esters is 2. The number of amides is 1. The van der Waals surface area contributed by atoms with E-state index in [4.69, 9.17) is 14.2 Å². The SMILES string of the molecule is COC(=O)C1[C@H]2C=NN(C)C(=O)[C@@]2(C#N)C(C(=O)OC)N1c1ccc(OC)cc1. The smallest absolute Gasteiger partial charge is 0.330 e. The van der Waals surface area contributed by atoms with Crippen LogP contribution >= 0.6 is 0 Å². The third-order valence-electron chi connectivity index (χ3n) is 5.35. The van der Waals surface area contributed by atoms with Crippen molar-refractivity contribution in [2.45, 2.75) is 12.1 Å². The molecule has 2 unspecified atom stereocenters. The molecule has 10 heteroatoms. The third kappa shape index (κ3) is 2.77. The van der Waals surface area contributed by atoms with Crippen LogP contribution in [-0.2, 0) is 23.9 Å². The van der Waals surface area contributed by atoms with Crippen LogP contribution in [0.3, 0.4) is 0 Å². The molecule has 0 radical (unpaired) electrons. The molecule has 0 spiro atoms. The fraction of sp³-hybridized carbons (Fsp3) is 0.421. The minimum absolute atomic E-state index is 0.421. The number of carbonyl (C=O) groups excluding carboxylic acids is 3. The summed E-state index contributed by atoms with van der Waals surface area (Å²) in [5.41, 5.74) is -1.49. The van der Waals surface area contributed by atoms with Crippen LogP contribution in [-0.4, -0.2) is 69.5 Å². The lowest BCUT2D eigenvalue weighted by molar-refractivity contribution is -0.151. The molecule has 1 aromatic rings. The van der Waals surface area contributed by atoms with E-state index < -0.39 is 41.3 Å². The number of nitriles is 1. The van der Waals surface area contributed by atoms with Crippen LogP contribution in [0.2, 0.25) is 0 Å². The van der Waals surface area contributed by atoms with Crippen molar-refractivity contribution in [2.75, 3.05) is 33.3 Å². The maximum absolute atomic E-state index is 13.1. The van der Waals surface area contributed by atoms with Gasteiger partial charge in [-0.1, -0.05) is 0 Å². The summed E-state index contributed by atoms with van der Waals surface area (Å²) in [6.07, 6.45) is 1.34. The van der Waals surface area contributed by atoms with Crippen molar-refractivity contribution in [3.05, 3.63) is 24.3 Å². The molecule has 3 rings (SSSR count). The van der Waals surface area contributed by atoms with Gasteiger partial charge in [0.1, 0.15) is 11.8 Å². The van der Waals surface area contributed by atoms with Crippen LogP contribution in [0.1, 0.15) is 0 Å². The molecule has 1 amide bonds. The Labute approximate surface area is 167 Å². The zero-order valence-corrected chi connectivity index (χ0v) is 16.4. The molecule has 4 atom stereocenters. The Morgan fingerprint density at radius 3 is 2.28 bits per heavy atom. The molecule has 152 valence electrons. The van der Waals surface area contributed by atoms with Gasteiger partial charge < -0.3 is 19.1 Å². The van der Waals surface area contributed by atoms with E-state index >= 15 is 0 Å². The Morgan fingerprint density at radius 1 is 1.14 bits per heavy atom. The Hall–Kier alpha value is -3.61. The number of nitrogens with zero attached hydrogens (tertiary/aromatic N) is 4. The zero-order chi connectivity index (χ0) is 21.3. The standard InChI is InChI=1S/C19H20N4O6/c1-22-18(26)19(10-20)13(9-21-22)14(16(24)28-3)23(15(19)17(25)29-4)11-5-7-12(27-2)8-6-11/h5-9,13-15H,1-4H3/t13-,14?,15?,19-/m1/s1. The van der Waals surface area contributed by atoms with Crippen LogP contribution in [0, 0.1) is 22.7 Å². The normalized spacial score (nSPS) is 27.8. The summed E-state index contributed by atoms with van der Waals surface area (Å²) < 4.78 is 15.0. The summed E-state index contributed by atoms with van der Waals surface area (Å²) in [6, 6.07) is 6.00. The Balaban J connectivity index is 2.29. The minimum atomic E-state index is -1.91. The lowest BCUT2D eigenvalue weighted by Crippen LogP contribution is -2.56. The highest BCUT2D eigenvalue weighted by Gasteiger charge is 2.70. The van der Waals surface area contributed by atoms with Crippen LogP contribution in [0.25, 0.3) is 0 Å². The van der Waals surface area contributed by atoms with E-state index in [2.05, 4.69) is 5.10 Å². The highest BCUT2D eigenvalue weighted by molar-refractivity contribution is 6.05. The maximum Gasteiger partial charge on any atom is 0.330 e. The monoisotopic (exact) mass is 400 g/mol. The van der Waals surface area contributed by atoms with Crippen molar-refractivity contribution in [1.82, 2.24) is 5.01 Å². The van der Waals surface area contributed by atoms with Crippen molar-refractivity contribution in [3.63, 3.8) is 0 Å². The van der Waals surface area contributed by atoms with Gasteiger partial charge in [-0.05, 0) is 24.3 Å². The fourth-order valence-electron chi connectivity index (χ4n) is 3.97. The average Bonchev–Trinajstić information content (AvgIpc) is 3.07. The number of rotatable bonds is 4. The zero-order valence-electron chi connectivity index (χ0n) is 16.4. The van der Waals surface area contributed by atoms with E-state index in [9.17, 15) is 19.6 Å². The lowest BCUT2D eigenvalue weighted by atomic mass is 9.71. The van der Waals surface area contributed by atoms with Crippen LogP contribution in [0.4, 0.5) is 5.69 Å². The van der Waals surface area contributed by atoms with Crippen LogP contribution in [0.5, 0.6) is 5.75 Å². The van der Waals surface area contributed by atoms with Gasteiger partial charge in [-0.3, -0.25) is 4.79 Å². The summed E-state index contributed by atoms with van der Waals surface area (Å²) >= 11 is 0. The molecule has 1 aromatic carbocycles. The van der Waals surface area contributed by atoms with Crippen LogP contribution < -0.4 is 9.64 Å². The summed E-state index contributed by atoms with van der Waals surface area (Å²) in [6.45, 7) is 0. The highest BCUT2D eigenvalue weighted by atomic mass is 16.5. The van der Waals surface area contributed by atoms with E-state index in [-0.39, 0.29) is 0 Å². The van der Waals surface area contributed by atoms with E-state index in [1.54, 1.807) is 24.3 Å². The maximum atomic E-state index is 13.1. The van der Waals surface area contributed by atoms with Crippen molar-refractivity contribution in [1.29, 1.82) is 5.26 Å². The Kier molecular flexibility index (Phi) is 5.16. The predicted octanol–water partition coefficient (Wildman–Crippen LogP) is 0.182. The number of ether oxygens (including phenoxy) is 3. The molecule has 0 saturated carbocycles. The summed E-state index contributed by atoms with van der Waals surface area (Å²) in [5, 5.41) is 15.1. The van der Waals surface area contributed by atoms with Crippen molar-refractivity contribution >= 4 is 29.7 Å². The van der Waals surface area contributed by atoms with E-state index in [0.29, 0.717) is 11.4 Å². The molecule has 2 aliphatic rings. The first kappa shape index (κ1) is 20.1. The number of methoxy groups -OCH3 is 3. The van der Waals surface area contributed by atoms with Gasteiger partial charge in [-0.2, -0.15) is 10.4 Å². The topological polar surface area (TPSA) is 122 Å². The number of benzene rings is 1. The Bertz CT molecular complexity index is 908. The first-order valence-electron chi connectivity index (χ1n) is 8.68. The Morgan fingerprint density at radius 2 is 1.76 bits per heavy atom. The quantitative estimate of drug-likeness (QED) is 0.656. The molecule has 2 aliphatic heterocycles. The first-order valence-corrected chi connectivity index (χ1v) is 8.68. The second-order valence-corrected chi connectivity index (χ2v) is 6.60. The molecule has 29 heavy (non-hydrogen) atoms. The molecule has 1 saturated heterocycles. The van der Waals surface area contributed by atoms with Crippen molar-refractivity contribution < 1.29 is 28.6 Å². The van der Waals surface area contributed by atoms with E-state index in [0.717, 1.165) is 12.1 Å². The van der Waals surface area contributed by atoms with E-state index in [1.807, 2.05) is 6.07 Å². The molecule has 2 heterocycles. The third-order valence-corrected chi connectivity index (χ3v) is 5.35.